The van der Waals surface area contributed by atoms with Gasteiger partial charge in [-0.15, -0.1) is 0 Å². The topological polar surface area (TPSA) is 63.4 Å². The van der Waals surface area contributed by atoms with Crippen LogP contribution in [0.2, 0.25) is 5.02 Å². The Labute approximate surface area is 86.3 Å². The molecule has 1 aromatic rings. The first-order valence-electron chi connectivity index (χ1n) is 4.11. The molecule has 0 spiro atoms. The van der Waals surface area contributed by atoms with E-state index >= 15 is 0 Å². The van der Waals surface area contributed by atoms with Gasteiger partial charge in [0.1, 0.15) is 5.02 Å². The summed E-state index contributed by atoms with van der Waals surface area (Å²) in [4.78, 5) is 10.2. The van der Waals surface area contributed by atoms with Crippen LogP contribution in [0.4, 0.5) is 5.69 Å². The first kappa shape index (κ1) is 10.9. The average Bonchev–Trinajstić information content (AvgIpc) is 2.15. The third kappa shape index (κ3) is 2.02. The lowest BCUT2D eigenvalue weighted by Gasteiger charge is -2.09. The van der Waals surface area contributed by atoms with E-state index in [-0.39, 0.29) is 23.2 Å². The van der Waals surface area contributed by atoms with Gasteiger partial charge in [0.25, 0.3) is 5.69 Å². The predicted octanol–water partition coefficient (Wildman–Crippen LogP) is 2.34. The molecule has 1 aromatic carbocycles. The Balaban J connectivity index is 3.28. The van der Waals surface area contributed by atoms with Crippen LogP contribution in [0.25, 0.3) is 0 Å². The quantitative estimate of drug-likeness (QED) is 0.622. The minimum Gasteiger partial charge on any atom is -0.396 e. The number of para-hydroxylation sites is 1. The van der Waals surface area contributed by atoms with Crippen molar-refractivity contribution >= 4 is 17.3 Å². The Kier molecular flexibility index (Phi) is 3.43. The van der Waals surface area contributed by atoms with Crippen molar-refractivity contribution in [3.63, 3.8) is 0 Å². The van der Waals surface area contributed by atoms with Crippen LogP contribution in [0.15, 0.2) is 18.2 Å². The van der Waals surface area contributed by atoms with Crippen molar-refractivity contribution in [2.45, 2.75) is 12.8 Å². The maximum atomic E-state index is 10.7. The Morgan fingerprint density at radius 3 is 2.79 bits per heavy atom. The number of hydrogen-bond donors (Lipinski definition) is 1. The van der Waals surface area contributed by atoms with E-state index in [0.29, 0.717) is 5.56 Å². The van der Waals surface area contributed by atoms with E-state index in [2.05, 4.69) is 0 Å². The van der Waals surface area contributed by atoms with Crippen molar-refractivity contribution in [1.29, 1.82) is 0 Å². The van der Waals surface area contributed by atoms with Crippen LogP contribution in [-0.2, 0) is 0 Å². The van der Waals surface area contributed by atoms with Crippen LogP contribution < -0.4 is 0 Å². The van der Waals surface area contributed by atoms with Gasteiger partial charge in [0.2, 0.25) is 0 Å². The van der Waals surface area contributed by atoms with E-state index in [0.717, 1.165) is 0 Å². The summed E-state index contributed by atoms with van der Waals surface area (Å²) in [7, 11) is 0. The number of nitrogens with zero attached hydrogens (tertiary/aromatic N) is 1. The van der Waals surface area contributed by atoms with Gasteiger partial charge in [-0.3, -0.25) is 10.1 Å². The zero-order valence-corrected chi connectivity index (χ0v) is 8.36. The molecule has 4 nitrogen and oxygen atoms in total. The van der Waals surface area contributed by atoms with E-state index in [9.17, 15) is 10.1 Å². The summed E-state index contributed by atoms with van der Waals surface area (Å²) < 4.78 is 0. The van der Waals surface area contributed by atoms with Crippen molar-refractivity contribution in [3.8, 4) is 0 Å². The fraction of sp³-hybridized carbons (Fsp3) is 0.333. The number of benzene rings is 1. The summed E-state index contributed by atoms with van der Waals surface area (Å²) in [6.45, 7) is 1.57. The van der Waals surface area contributed by atoms with Crippen molar-refractivity contribution < 1.29 is 10.0 Å². The number of nitro groups is 1. The normalized spacial score (nSPS) is 12.5. The van der Waals surface area contributed by atoms with Gasteiger partial charge in [0.05, 0.1) is 4.92 Å². The minimum atomic E-state index is -0.524. The number of halogens is 1. The molecule has 1 unspecified atom stereocenters. The molecule has 14 heavy (non-hydrogen) atoms. The monoisotopic (exact) mass is 215 g/mol. The lowest BCUT2D eigenvalue weighted by molar-refractivity contribution is -0.385. The number of rotatable bonds is 3. The highest BCUT2D eigenvalue weighted by molar-refractivity contribution is 6.32. The van der Waals surface area contributed by atoms with E-state index in [1.807, 2.05) is 0 Å². The molecule has 0 aliphatic heterocycles. The molecule has 0 heterocycles. The van der Waals surface area contributed by atoms with E-state index in [1.165, 1.54) is 6.07 Å². The van der Waals surface area contributed by atoms with Crippen molar-refractivity contribution in [1.82, 2.24) is 0 Å². The maximum Gasteiger partial charge on any atom is 0.291 e. The first-order chi connectivity index (χ1) is 6.57. The molecule has 5 heteroatoms. The van der Waals surface area contributed by atoms with Gasteiger partial charge in [-0.1, -0.05) is 30.7 Å². The van der Waals surface area contributed by atoms with E-state index in [1.54, 1.807) is 19.1 Å². The molecular formula is C9H10ClNO3. The maximum absolute atomic E-state index is 10.7. The van der Waals surface area contributed by atoms with Gasteiger partial charge in [-0.2, -0.15) is 0 Å². The SMILES string of the molecule is CC(CO)c1cccc(Cl)c1[N+](=O)[O-]. The number of hydrogen-bond acceptors (Lipinski definition) is 3. The van der Waals surface area contributed by atoms with Gasteiger partial charge in [-0.25, -0.2) is 0 Å². The highest BCUT2D eigenvalue weighted by atomic mass is 35.5. The van der Waals surface area contributed by atoms with Crippen molar-refractivity contribution in [3.05, 3.63) is 38.9 Å². The molecule has 1 N–H and O–H groups in total. The molecule has 1 rings (SSSR count). The Morgan fingerprint density at radius 2 is 2.29 bits per heavy atom. The van der Waals surface area contributed by atoms with Gasteiger partial charge >= 0.3 is 0 Å². The van der Waals surface area contributed by atoms with E-state index in [4.69, 9.17) is 16.7 Å². The summed E-state index contributed by atoms with van der Waals surface area (Å²) in [6.07, 6.45) is 0. The molecule has 0 amide bonds. The smallest absolute Gasteiger partial charge is 0.291 e. The van der Waals surface area contributed by atoms with Gasteiger partial charge < -0.3 is 5.11 Å². The lowest BCUT2D eigenvalue weighted by Crippen LogP contribution is -2.03. The van der Waals surface area contributed by atoms with Crippen LogP contribution in [0, 0.1) is 10.1 Å². The standard InChI is InChI=1S/C9H10ClNO3/c1-6(5-12)7-3-2-4-8(10)9(7)11(13)14/h2-4,6,12H,5H2,1H3. The third-order valence-corrected chi connectivity index (χ3v) is 2.31. The van der Waals surface area contributed by atoms with Crippen LogP contribution >= 0.6 is 11.6 Å². The second kappa shape index (κ2) is 4.39. The highest BCUT2D eigenvalue weighted by Gasteiger charge is 2.21. The molecule has 0 aliphatic rings. The molecule has 0 bridgehead atoms. The van der Waals surface area contributed by atoms with Crippen LogP contribution in [0.3, 0.4) is 0 Å². The number of nitro benzene ring substituents is 1. The van der Waals surface area contributed by atoms with Gasteiger partial charge in [-0.05, 0) is 6.07 Å². The summed E-state index contributed by atoms with van der Waals surface area (Å²) in [5.74, 6) is -0.283. The van der Waals surface area contributed by atoms with Crippen LogP contribution in [0.1, 0.15) is 18.4 Å². The summed E-state index contributed by atoms with van der Waals surface area (Å²) in [5.41, 5.74) is 0.348. The highest BCUT2D eigenvalue weighted by Crippen LogP contribution is 2.32. The molecule has 0 aromatic heterocycles. The molecule has 0 fully saturated rings. The lowest BCUT2D eigenvalue weighted by atomic mass is 10.0. The largest absolute Gasteiger partial charge is 0.396 e. The molecule has 0 saturated carbocycles. The first-order valence-corrected chi connectivity index (χ1v) is 4.49. The van der Waals surface area contributed by atoms with Crippen molar-refractivity contribution in [2.24, 2.45) is 0 Å². The summed E-state index contributed by atoms with van der Waals surface area (Å²) >= 11 is 5.70. The fourth-order valence-electron chi connectivity index (χ4n) is 1.22. The van der Waals surface area contributed by atoms with Crippen LogP contribution in [-0.4, -0.2) is 16.6 Å². The van der Waals surface area contributed by atoms with E-state index < -0.39 is 4.92 Å². The number of aliphatic hydroxyl groups excluding tert-OH is 1. The molecule has 0 saturated heterocycles. The molecule has 1 atom stereocenters. The molecule has 0 radical (unpaired) electrons. The fourth-order valence-corrected chi connectivity index (χ4v) is 1.47. The Hall–Kier alpha value is -1.13. The Bertz CT molecular complexity index is 354. The predicted molar refractivity (Wildman–Crippen MR) is 53.6 cm³/mol. The van der Waals surface area contributed by atoms with Gasteiger partial charge in [0.15, 0.2) is 0 Å². The van der Waals surface area contributed by atoms with Gasteiger partial charge in [0, 0.05) is 18.1 Å². The number of aliphatic hydroxyl groups is 1. The molecular weight excluding hydrogens is 206 g/mol. The zero-order valence-electron chi connectivity index (χ0n) is 7.61. The average molecular weight is 216 g/mol. The second-order valence-electron chi connectivity index (χ2n) is 3.02. The second-order valence-corrected chi connectivity index (χ2v) is 3.43. The zero-order chi connectivity index (χ0) is 10.7. The van der Waals surface area contributed by atoms with Crippen LogP contribution in [0.5, 0.6) is 0 Å². The third-order valence-electron chi connectivity index (χ3n) is 2.01. The van der Waals surface area contributed by atoms with Crippen molar-refractivity contribution in [2.75, 3.05) is 6.61 Å². The molecule has 0 aliphatic carbocycles. The summed E-state index contributed by atoms with van der Waals surface area (Å²) in [6, 6.07) is 4.70. The molecule has 76 valence electrons. The summed E-state index contributed by atoms with van der Waals surface area (Å²) in [5, 5.41) is 19.7. The minimum absolute atomic E-state index is 0.104. The Morgan fingerprint density at radius 1 is 1.64 bits per heavy atom.